The fourth-order valence-electron chi connectivity index (χ4n) is 1.84. The van der Waals surface area contributed by atoms with E-state index in [1.165, 1.54) is 0 Å². The number of rotatable bonds is 6. The quantitative estimate of drug-likeness (QED) is 0.383. The van der Waals surface area contributed by atoms with Gasteiger partial charge in [0.05, 0.1) is 18.8 Å². The van der Waals surface area contributed by atoms with E-state index in [4.69, 9.17) is 0 Å². The van der Waals surface area contributed by atoms with Gasteiger partial charge in [0.15, 0.2) is 16.9 Å². The maximum atomic E-state index is 4.57. The molecule has 0 spiro atoms. The molecule has 0 saturated carbocycles. The third-order valence-electron chi connectivity index (χ3n) is 3.26. The Morgan fingerprint density at radius 1 is 1.33 bits per heavy atom. The highest BCUT2D eigenvalue weighted by Crippen LogP contribution is 2.18. The largest absolute Gasteiger partial charge is 0.357 e. The van der Waals surface area contributed by atoms with E-state index in [0.717, 1.165) is 35.0 Å². The second kappa shape index (κ2) is 9.77. The van der Waals surface area contributed by atoms with Gasteiger partial charge < -0.3 is 20.1 Å². The van der Waals surface area contributed by atoms with Crippen molar-refractivity contribution in [2.75, 3.05) is 25.5 Å². The molecule has 10 heteroatoms. The molecule has 134 valence electrons. The zero-order chi connectivity index (χ0) is 16.8. The van der Waals surface area contributed by atoms with Crippen LogP contribution < -0.4 is 15.5 Å². The fraction of sp³-hybridized carbons (Fsp3) is 0.571. The molecule has 0 amide bonds. The zero-order valence-electron chi connectivity index (χ0n) is 14.7. The molecule has 2 N–H and O–H groups in total. The summed E-state index contributed by atoms with van der Waals surface area (Å²) in [4.78, 5) is 11.1. The number of aromatic nitrogens is 4. The van der Waals surface area contributed by atoms with Crippen LogP contribution in [0.1, 0.15) is 24.3 Å². The monoisotopic (exact) mass is 464 g/mol. The predicted octanol–water partition coefficient (Wildman–Crippen LogP) is 1.52. The summed E-state index contributed by atoms with van der Waals surface area (Å²) in [7, 11) is 5.93. The summed E-state index contributed by atoms with van der Waals surface area (Å²) in [5.74, 6) is 2.51. The molecule has 0 aliphatic heterocycles. The van der Waals surface area contributed by atoms with E-state index in [1.807, 2.05) is 49.8 Å². The van der Waals surface area contributed by atoms with Gasteiger partial charge in [-0.1, -0.05) is 0 Å². The summed E-state index contributed by atoms with van der Waals surface area (Å²) in [6.07, 6.45) is 0. The maximum Gasteiger partial charge on any atom is 0.192 e. The first-order valence-corrected chi connectivity index (χ1v) is 8.38. The van der Waals surface area contributed by atoms with Crippen LogP contribution in [-0.2, 0) is 20.1 Å². The van der Waals surface area contributed by atoms with Crippen molar-refractivity contribution in [2.45, 2.75) is 26.9 Å². The Balaban J connectivity index is 0.00000288. The summed E-state index contributed by atoms with van der Waals surface area (Å²) >= 11 is 1.62. The Hall–Kier alpha value is -1.43. The minimum Gasteiger partial charge on any atom is -0.357 e. The van der Waals surface area contributed by atoms with Crippen molar-refractivity contribution in [3.8, 4) is 0 Å². The number of hydrogen-bond acceptors (Lipinski definition) is 6. The lowest BCUT2D eigenvalue weighted by molar-refractivity contribution is 0.718. The number of aliphatic imine (C=N–C) groups is 1. The molecule has 0 radical (unpaired) electrons. The standard InChI is InChI=1S/C14H24N8S.HI/c1-6-15-13(17-8-12-20-19-10(2)22(12)5)16-7-11-9-23-14(18-11)21(3)4;/h9H,6-8H2,1-5H3,(H2,15,16,17);1H. The number of nitrogens with zero attached hydrogens (tertiary/aromatic N) is 6. The summed E-state index contributed by atoms with van der Waals surface area (Å²) in [6, 6.07) is 0. The molecule has 0 atom stereocenters. The van der Waals surface area contributed by atoms with E-state index in [-0.39, 0.29) is 24.0 Å². The van der Waals surface area contributed by atoms with E-state index >= 15 is 0 Å². The molecule has 0 aliphatic rings. The van der Waals surface area contributed by atoms with Crippen molar-refractivity contribution in [1.82, 2.24) is 30.4 Å². The van der Waals surface area contributed by atoms with Gasteiger partial charge in [-0.25, -0.2) is 9.98 Å². The van der Waals surface area contributed by atoms with Crippen molar-refractivity contribution < 1.29 is 0 Å². The van der Waals surface area contributed by atoms with Crippen LogP contribution in [0.25, 0.3) is 0 Å². The molecule has 0 bridgehead atoms. The van der Waals surface area contributed by atoms with Crippen LogP contribution in [0.15, 0.2) is 10.4 Å². The number of guanidine groups is 1. The normalized spacial score (nSPS) is 11.1. The average molecular weight is 464 g/mol. The highest BCUT2D eigenvalue weighted by atomic mass is 127. The van der Waals surface area contributed by atoms with Crippen LogP contribution in [0, 0.1) is 6.92 Å². The first-order chi connectivity index (χ1) is 11.0. The Bertz CT molecular complexity index is 664. The van der Waals surface area contributed by atoms with Crippen molar-refractivity contribution in [1.29, 1.82) is 0 Å². The molecule has 2 aromatic rings. The molecule has 2 aromatic heterocycles. The second-order valence-electron chi connectivity index (χ2n) is 5.29. The number of hydrogen-bond donors (Lipinski definition) is 2. The van der Waals surface area contributed by atoms with E-state index in [0.29, 0.717) is 13.1 Å². The topological polar surface area (TPSA) is 83.3 Å². The minimum absolute atomic E-state index is 0. The van der Waals surface area contributed by atoms with Gasteiger partial charge in [0.25, 0.3) is 0 Å². The maximum absolute atomic E-state index is 4.57. The first-order valence-electron chi connectivity index (χ1n) is 7.50. The fourth-order valence-corrected chi connectivity index (χ4v) is 2.59. The van der Waals surface area contributed by atoms with Crippen molar-refractivity contribution in [3.05, 3.63) is 22.7 Å². The lowest BCUT2D eigenvalue weighted by Gasteiger charge is -2.10. The molecule has 0 unspecified atom stereocenters. The zero-order valence-corrected chi connectivity index (χ0v) is 17.8. The van der Waals surface area contributed by atoms with Crippen LogP contribution in [0.3, 0.4) is 0 Å². The molecule has 0 aromatic carbocycles. The van der Waals surface area contributed by atoms with Crippen molar-refractivity contribution >= 4 is 46.4 Å². The molecule has 0 fully saturated rings. The molecular formula is C14H25IN8S. The van der Waals surface area contributed by atoms with Crippen LogP contribution >= 0.6 is 35.3 Å². The van der Waals surface area contributed by atoms with E-state index in [9.17, 15) is 0 Å². The van der Waals surface area contributed by atoms with Gasteiger partial charge in [0.2, 0.25) is 0 Å². The SMILES string of the molecule is CCNC(=NCc1csc(N(C)C)n1)NCc1nnc(C)n1C.I. The van der Waals surface area contributed by atoms with Gasteiger partial charge in [-0.3, -0.25) is 0 Å². The number of nitrogens with one attached hydrogen (secondary N) is 2. The van der Waals surface area contributed by atoms with Crippen LogP contribution in [0.2, 0.25) is 0 Å². The predicted molar refractivity (Wildman–Crippen MR) is 109 cm³/mol. The highest BCUT2D eigenvalue weighted by molar-refractivity contribution is 14.0. The Morgan fingerprint density at radius 2 is 2.08 bits per heavy atom. The summed E-state index contributed by atoms with van der Waals surface area (Å²) in [5, 5.41) is 17.7. The third-order valence-corrected chi connectivity index (χ3v) is 4.32. The van der Waals surface area contributed by atoms with Crippen LogP contribution in [0.5, 0.6) is 0 Å². The van der Waals surface area contributed by atoms with E-state index in [1.54, 1.807) is 11.3 Å². The number of thiazole rings is 1. The summed E-state index contributed by atoms with van der Waals surface area (Å²) in [5.41, 5.74) is 0.963. The summed E-state index contributed by atoms with van der Waals surface area (Å²) in [6.45, 7) is 5.88. The molecule has 8 nitrogen and oxygen atoms in total. The van der Waals surface area contributed by atoms with Gasteiger partial charge in [0.1, 0.15) is 5.82 Å². The highest BCUT2D eigenvalue weighted by Gasteiger charge is 2.07. The number of anilines is 1. The molecule has 2 heterocycles. The Kier molecular flexibility index (Phi) is 8.39. The molecule has 24 heavy (non-hydrogen) atoms. The van der Waals surface area contributed by atoms with Crippen molar-refractivity contribution in [3.63, 3.8) is 0 Å². The van der Waals surface area contributed by atoms with Crippen LogP contribution in [-0.4, -0.2) is 46.3 Å². The molecule has 0 saturated heterocycles. The van der Waals surface area contributed by atoms with Crippen molar-refractivity contribution in [2.24, 2.45) is 12.0 Å². The van der Waals surface area contributed by atoms with Gasteiger partial charge >= 0.3 is 0 Å². The third kappa shape index (κ3) is 5.58. The average Bonchev–Trinajstić information content (AvgIpc) is 3.11. The minimum atomic E-state index is 0. The van der Waals surface area contributed by atoms with E-state index < -0.39 is 0 Å². The summed E-state index contributed by atoms with van der Waals surface area (Å²) < 4.78 is 1.96. The lowest BCUT2D eigenvalue weighted by atomic mass is 10.5. The molecule has 2 rings (SSSR count). The lowest BCUT2D eigenvalue weighted by Crippen LogP contribution is -2.37. The van der Waals surface area contributed by atoms with Gasteiger partial charge in [0, 0.05) is 33.1 Å². The number of aryl methyl sites for hydroxylation is 1. The van der Waals surface area contributed by atoms with Crippen LogP contribution in [0.4, 0.5) is 5.13 Å². The van der Waals surface area contributed by atoms with Gasteiger partial charge in [-0.05, 0) is 13.8 Å². The Labute approximate surface area is 163 Å². The van der Waals surface area contributed by atoms with E-state index in [2.05, 4.69) is 30.8 Å². The van der Waals surface area contributed by atoms with Gasteiger partial charge in [-0.2, -0.15) is 0 Å². The Morgan fingerprint density at radius 3 is 2.62 bits per heavy atom. The molecular weight excluding hydrogens is 439 g/mol. The molecule has 0 aliphatic carbocycles. The first kappa shape index (κ1) is 20.6. The smallest absolute Gasteiger partial charge is 0.192 e. The second-order valence-corrected chi connectivity index (χ2v) is 6.12. The van der Waals surface area contributed by atoms with Gasteiger partial charge in [-0.15, -0.1) is 45.5 Å². The number of halogens is 1.